The molecule has 1 aromatic heterocycles. The molecule has 3 heterocycles. The minimum atomic E-state index is -1.71. The number of carbonyl (C=O) groups excluding carboxylic acids is 1. The molecule has 2 atom stereocenters. The summed E-state index contributed by atoms with van der Waals surface area (Å²) in [6, 6.07) is 3.24. The molecule has 6 heteroatoms. The lowest BCUT2D eigenvalue weighted by Crippen LogP contribution is -3.00. The normalized spacial score (nSPS) is 26.3. The highest BCUT2D eigenvalue weighted by molar-refractivity contribution is 5.79. The fraction of sp³-hybridized carbons (Fsp3) is 0.667. The third-order valence-corrected chi connectivity index (χ3v) is 4.70. The molecule has 21 heavy (non-hydrogen) atoms. The Morgan fingerprint density at radius 1 is 1.43 bits per heavy atom. The lowest BCUT2D eigenvalue weighted by atomic mass is 10.0. The van der Waals surface area contributed by atoms with Gasteiger partial charge < -0.3 is 31.2 Å². The third-order valence-electron chi connectivity index (χ3n) is 4.70. The summed E-state index contributed by atoms with van der Waals surface area (Å²) in [6.45, 7) is 5.79. The van der Waals surface area contributed by atoms with Crippen LogP contribution in [0.2, 0.25) is 0 Å². The zero-order valence-corrected chi connectivity index (χ0v) is 13.0. The Labute approximate surface area is 130 Å². The average Bonchev–Trinajstić information content (AvgIpc) is 3.14. The third kappa shape index (κ3) is 3.10. The molecule has 2 fully saturated rings. The van der Waals surface area contributed by atoms with Crippen molar-refractivity contribution in [2.75, 3.05) is 26.2 Å². The predicted octanol–water partition coefficient (Wildman–Crippen LogP) is -1.58. The van der Waals surface area contributed by atoms with Crippen LogP contribution in [0.4, 0.5) is 0 Å². The van der Waals surface area contributed by atoms with Crippen LogP contribution in [0.1, 0.15) is 31.9 Å². The molecule has 1 spiro atoms. The molecule has 2 unspecified atom stereocenters. The van der Waals surface area contributed by atoms with Gasteiger partial charge in [0.2, 0.25) is 5.60 Å². The van der Waals surface area contributed by atoms with Gasteiger partial charge in [0.25, 0.3) is 0 Å². The van der Waals surface area contributed by atoms with E-state index in [1.54, 1.807) is 12.1 Å². The van der Waals surface area contributed by atoms with Crippen molar-refractivity contribution in [3.63, 3.8) is 0 Å². The van der Waals surface area contributed by atoms with Crippen LogP contribution in [0.5, 0.6) is 0 Å². The van der Waals surface area contributed by atoms with Crippen molar-refractivity contribution in [2.24, 2.45) is 0 Å². The maximum atomic E-state index is 12.2. The number of hydrogen-bond acceptors (Lipinski definition) is 4. The molecule has 0 aliphatic carbocycles. The van der Waals surface area contributed by atoms with Gasteiger partial charge in [-0.2, -0.15) is 0 Å². The Morgan fingerprint density at radius 3 is 2.76 bits per heavy atom. The molecular weight excluding hydrogens is 294 g/mol. The summed E-state index contributed by atoms with van der Waals surface area (Å²) in [7, 11) is 0. The second-order valence-electron chi connectivity index (χ2n) is 6.27. The molecule has 5 nitrogen and oxygen atoms in total. The summed E-state index contributed by atoms with van der Waals surface area (Å²) in [6.07, 6.45) is 4.79. The molecule has 118 valence electrons. The molecule has 2 aliphatic rings. The minimum absolute atomic E-state index is 0. The standard InChI is InChI=1S/C15H22NO4.ClH/c1-15(18,13-5-4-10-19-13)14(17)20-12-6-9-16(11-12)7-2-3-8-16;/h4-5,10,12,18H,2-3,6-9,11H2,1H3;1H/q+1;/p-1. The van der Waals surface area contributed by atoms with Gasteiger partial charge in [-0.1, -0.05) is 0 Å². The molecule has 2 aliphatic heterocycles. The SMILES string of the molecule is CC(O)(C(=O)OC1CC[N+]2(CCCC2)C1)c1ccco1.[Cl-]. The highest BCUT2D eigenvalue weighted by Gasteiger charge is 2.45. The molecule has 1 aromatic rings. The topological polar surface area (TPSA) is 59.7 Å². The van der Waals surface area contributed by atoms with Gasteiger partial charge in [0.15, 0.2) is 6.10 Å². The number of nitrogens with zero attached hydrogens (tertiary/aromatic N) is 1. The molecule has 0 saturated carbocycles. The molecule has 1 N–H and O–H groups in total. The van der Waals surface area contributed by atoms with E-state index in [1.807, 2.05) is 0 Å². The Hall–Kier alpha value is -1.04. The van der Waals surface area contributed by atoms with E-state index in [1.165, 1.54) is 39.1 Å². The van der Waals surface area contributed by atoms with Crippen LogP contribution in [0.3, 0.4) is 0 Å². The van der Waals surface area contributed by atoms with Gasteiger partial charge in [0.05, 0.1) is 25.9 Å². The maximum Gasteiger partial charge on any atom is 0.346 e. The van der Waals surface area contributed by atoms with Crippen molar-refractivity contribution in [1.82, 2.24) is 0 Å². The van der Waals surface area contributed by atoms with Gasteiger partial charge in [-0.05, 0) is 19.1 Å². The van der Waals surface area contributed by atoms with Gasteiger partial charge in [-0.3, -0.25) is 0 Å². The summed E-state index contributed by atoms with van der Waals surface area (Å²) in [4.78, 5) is 12.2. The summed E-state index contributed by atoms with van der Waals surface area (Å²) in [5.41, 5.74) is -1.71. The van der Waals surface area contributed by atoms with E-state index in [0.717, 1.165) is 24.0 Å². The van der Waals surface area contributed by atoms with E-state index in [-0.39, 0.29) is 24.3 Å². The fourth-order valence-electron chi connectivity index (χ4n) is 3.46. The Balaban J connectivity index is 0.00000161. The smallest absolute Gasteiger partial charge is 0.346 e. The molecule has 0 aromatic carbocycles. The van der Waals surface area contributed by atoms with Crippen molar-refractivity contribution in [3.8, 4) is 0 Å². The predicted molar refractivity (Wildman–Crippen MR) is 71.7 cm³/mol. The zero-order chi connectivity index (χ0) is 14.2. The first kappa shape index (κ1) is 16.3. The van der Waals surface area contributed by atoms with E-state index < -0.39 is 11.6 Å². The van der Waals surface area contributed by atoms with Crippen LogP contribution in [0.25, 0.3) is 0 Å². The number of esters is 1. The van der Waals surface area contributed by atoms with Crippen LogP contribution in [-0.2, 0) is 15.1 Å². The fourth-order valence-corrected chi connectivity index (χ4v) is 3.46. The van der Waals surface area contributed by atoms with Crippen LogP contribution >= 0.6 is 0 Å². The van der Waals surface area contributed by atoms with Gasteiger partial charge in [0, 0.05) is 19.3 Å². The van der Waals surface area contributed by atoms with Crippen molar-refractivity contribution in [2.45, 2.75) is 37.9 Å². The zero-order valence-electron chi connectivity index (χ0n) is 12.3. The first-order valence-corrected chi connectivity index (χ1v) is 7.34. The van der Waals surface area contributed by atoms with E-state index in [2.05, 4.69) is 0 Å². The number of ether oxygens (including phenoxy) is 1. The molecule has 2 saturated heterocycles. The molecule has 3 rings (SSSR count). The van der Waals surface area contributed by atoms with E-state index >= 15 is 0 Å². The summed E-state index contributed by atoms with van der Waals surface area (Å²) in [5.74, 6) is -0.387. The Morgan fingerprint density at radius 2 is 2.14 bits per heavy atom. The number of rotatable bonds is 3. The number of halogens is 1. The second kappa shape index (κ2) is 5.99. The first-order valence-electron chi connectivity index (χ1n) is 7.34. The number of furan rings is 1. The average molecular weight is 316 g/mol. The summed E-state index contributed by atoms with van der Waals surface area (Å²) >= 11 is 0. The Kier molecular flexibility index (Phi) is 4.66. The van der Waals surface area contributed by atoms with Crippen molar-refractivity contribution in [1.29, 1.82) is 0 Å². The van der Waals surface area contributed by atoms with Gasteiger partial charge >= 0.3 is 5.97 Å². The quantitative estimate of drug-likeness (QED) is 0.540. The van der Waals surface area contributed by atoms with Crippen LogP contribution in [0.15, 0.2) is 22.8 Å². The van der Waals surface area contributed by atoms with Crippen molar-refractivity contribution in [3.05, 3.63) is 24.2 Å². The molecule has 0 radical (unpaired) electrons. The molecule has 0 bridgehead atoms. The van der Waals surface area contributed by atoms with E-state index in [4.69, 9.17) is 9.15 Å². The lowest BCUT2D eigenvalue weighted by Gasteiger charge is -2.29. The van der Waals surface area contributed by atoms with Gasteiger partial charge in [-0.25, -0.2) is 4.79 Å². The van der Waals surface area contributed by atoms with E-state index in [0.29, 0.717) is 0 Å². The summed E-state index contributed by atoms with van der Waals surface area (Å²) in [5, 5.41) is 10.3. The first-order chi connectivity index (χ1) is 9.52. The van der Waals surface area contributed by atoms with E-state index in [9.17, 15) is 9.90 Å². The molecule has 0 amide bonds. The number of hydrogen-bond donors (Lipinski definition) is 1. The van der Waals surface area contributed by atoms with Crippen molar-refractivity contribution < 1.29 is 35.9 Å². The minimum Gasteiger partial charge on any atom is -1.00 e. The lowest BCUT2D eigenvalue weighted by molar-refractivity contribution is -0.906. The highest BCUT2D eigenvalue weighted by Crippen LogP contribution is 2.30. The van der Waals surface area contributed by atoms with Crippen molar-refractivity contribution >= 4 is 5.97 Å². The highest BCUT2D eigenvalue weighted by atomic mass is 35.5. The van der Waals surface area contributed by atoms with Crippen LogP contribution in [-0.4, -0.2) is 47.8 Å². The van der Waals surface area contributed by atoms with Gasteiger partial charge in [-0.15, -0.1) is 0 Å². The second-order valence-corrected chi connectivity index (χ2v) is 6.27. The van der Waals surface area contributed by atoms with Crippen LogP contribution in [0, 0.1) is 0 Å². The van der Waals surface area contributed by atoms with Crippen LogP contribution < -0.4 is 12.4 Å². The number of quaternary nitrogens is 1. The maximum absolute atomic E-state index is 12.2. The monoisotopic (exact) mass is 315 g/mol. The molecular formula is C15H22ClNO4. The Bertz CT molecular complexity index is 480. The van der Waals surface area contributed by atoms with Gasteiger partial charge in [0.1, 0.15) is 12.3 Å². The largest absolute Gasteiger partial charge is 1.00 e. The summed E-state index contributed by atoms with van der Waals surface area (Å²) < 4.78 is 11.7. The number of carbonyl (C=O) groups is 1. The number of aliphatic hydroxyl groups is 1.